The number of hydrogen-bond acceptors (Lipinski definition) is 4. The van der Waals surface area contributed by atoms with Crippen molar-refractivity contribution < 1.29 is 9.53 Å². The van der Waals surface area contributed by atoms with Gasteiger partial charge in [-0.15, -0.1) is 0 Å². The van der Waals surface area contributed by atoms with Crippen LogP contribution in [0.3, 0.4) is 0 Å². The molecule has 2 rings (SSSR count). The molecule has 0 bridgehead atoms. The summed E-state index contributed by atoms with van der Waals surface area (Å²) in [5.74, 6) is -0.240. The van der Waals surface area contributed by atoms with Gasteiger partial charge in [-0.2, -0.15) is 0 Å². The number of ether oxygens (including phenoxy) is 1. The Hall–Kier alpha value is -1.55. The van der Waals surface area contributed by atoms with Crippen molar-refractivity contribution in [2.24, 2.45) is 0 Å². The first-order chi connectivity index (χ1) is 8.06. The van der Waals surface area contributed by atoms with Crippen molar-refractivity contribution in [1.82, 2.24) is 4.90 Å². The second-order valence-corrected chi connectivity index (χ2v) is 4.46. The Bertz CT molecular complexity index is 431. The molecule has 0 spiro atoms. The molecular formula is C13H18N2O2. The Balaban J connectivity index is 2.09. The van der Waals surface area contributed by atoms with Gasteiger partial charge in [0.05, 0.1) is 0 Å². The van der Waals surface area contributed by atoms with Crippen LogP contribution in [0, 0.1) is 0 Å². The first-order valence-corrected chi connectivity index (χ1v) is 5.85. The molecule has 1 atom stereocenters. The van der Waals surface area contributed by atoms with Gasteiger partial charge in [0.1, 0.15) is 0 Å². The fraction of sp³-hybridized carbons (Fsp3) is 0.462. The lowest BCUT2D eigenvalue weighted by Gasteiger charge is -2.32. The summed E-state index contributed by atoms with van der Waals surface area (Å²) in [4.78, 5) is 13.1. The van der Waals surface area contributed by atoms with E-state index in [0.717, 1.165) is 25.2 Å². The van der Waals surface area contributed by atoms with Crippen LogP contribution in [0.5, 0.6) is 0 Å². The average Bonchev–Trinajstić information content (AvgIpc) is 2.27. The quantitative estimate of drug-likeness (QED) is 0.623. The second-order valence-electron chi connectivity index (χ2n) is 4.46. The van der Waals surface area contributed by atoms with Crippen LogP contribution in [-0.4, -0.2) is 23.6 Å². The van der Waals surface area contributed by atoms with E-state index >= 15 is 0 Å². The summed E-state index contributed by atoms with van der Waals surface area (Å²) in [7, 11) is 0. The minimum Gasteiger partial charge on any atom is -0.447 e. The van der Waals surface area contributed by atoms with E-state index in [1.54, 1.807) is 0 Å². The van der Waals surface area contributed by atoms with Crippen LogP contribution in [-0.2, 0) is 22.5 Å². The Kier molecular flexibility index (Phi) is 3.33. The van der Waals surface area contributed by atoms with E-state index in [4.69, 9.17) is 10.5 Å². The summed E-state index contributed by atoms with van der Waals surface area (Å²) in [5, 5.41) is 0. The average molecular weight is 234 g/mol. The number of nitrogen functional groups attached to an aromatic ring is 1. The summed E-state index contributed by atoms with van der Waals surface area (Å²) >= 11 is 0. The van der Waals surface area contributed by atoms with E-state index in [0.29, 0.717) is 0 Å². The van der Waals surface area contributed by atoms with Crippen molar-refractivity contribution in [2.75, 3.05) is 12.3 Å². The number of carbonyl (C=O) groups excluding carboxylic acids is 1. The Morgan fingerprint density at radius 1 is 1.47 bits per heavy atom. The molecule has 92 valence electrons. The van der Waals surface area contributed by atoms with Gasteiger partial charge in [0, 0.05) is 25.7 Å². The van der Waals surface area contributed by atoms with Gasteiger partial charge in [-0.1, -0.05) is 6.07 Å². The van der Waals surface area contributed by atoms with E-state index in [1.165, 1.54) is 18.1 Å². The lowest BCUT2D eigenvalue weighted by molar-refractivity contribution is -0.155. The lowest BCUT2D eigenvalue weighted by Crippen LogP contribution is -2.39. The molecule has 17 heavy (non-hydrogen) atoms. The number of carbonyl (C=O) groups is 1. The topological polar surface area (TPSA) is 55.6 Å². The first kappa shape index (κ1) is 11.9. The molecule has 0 saturated carbocycles. The molecule has 1 aromatic rings. The first-order valence-electron chi connectivity index (χ1n) is 5.85. The number of fused-ring (bicyclic) bond motifs is 1. The summed E-state index contributed by atoms with van der Waals surface area (Å²) in [5.41, 5.74) is 9.13. The summed E-state index contributed by atoms with van der Waals surface area (Å²) in [6.45, 7) is 5.03. The van der Waals surface area contributed by atoms with Gasteiger partial charge >= 0.3 is 5.97 Å². The van der Waals surface area contributed by atoms with E-state index in [9.17, 15) is 4.79 Å². The molecule has 4 nitrogen and oxygen atoms in total. The molecule has 1 heterocycles. The molecule has 0 saturated heterocycles. The fourth-order valence-corrected chi connectivity index (χ4v) is 2.22. The van der Waals surface area contributed by atoms with Crippen molar-refractivity contribution in [3.63, 3.8) is 0 Å². The fourth-order valence-electron chi connectivity index (χ4n) is 2.22. The van der Waals surface area contributed by atoms with Gasteiger partial charge in [-0.05, 0) is 36.6 Å². The zero-order chi connectivity index (χ0) is 12.4. The highest BCUT2D eigenvalue weighted by atomic mass is 16.6. The lowest BCUT2D eigenvalue weighted by atomic mass is 9.99. The van der Waals surface area contributed by atoms with Crippen LogP contribution in [0.15, 0.2) is 18.2 Å². The third-order valence-corrected chi connectivity index (χ3v) is 3.12. The van der Waals surface area contributed by atoms with Crippen molar-refractivity contribution in [3.05, 3.63) is 29.3 Å². The number of benzene rings is 1. The predicted octanol–water partition coefficient (Wildman–Crippen LogP) is 1.54. The van der Waals surface area contributed by atoms with E-state index in [1.807, 2.05) is 19.1 Å². The predicted molar refractivity (Wildman–Crippen MR) is 66.2 cm³/mol. The highest BCUT2D eigenvalue weighted by molar-refractivity contribution is 5.66. The summed E-state index contributed by atoms with van der Waals surface area (Å²) in [6, 6.07) is 6.02. The molecule has 0 fully saturated rings. The molecule has 1 aliphatic heterocycles. The van der Waals surface area contributed by atoms with Gasteiger partial charge < -0.3 is 10.5 Å². The molecule has 1 aliphatic rings. The summed E-state index contributed by atoms with van der Waals surface area (Å²) < 4.78 is 5.19. The molecule has 0 aliphatic carbocycles. The van der Waals surface area contributed by atoms with Gasteiger partial charge in [0.25, 0.3) is 0 Å². The third-order valence-electron chi connectivity index (χ3n) is 3.12. The van der Waals surface area contributed by atoms with Crippen molar-refractivity contribution in [3.8, 4) is 0 Å². The van der Waals surface area contributed by atoms with Gasteiger partial charge in [-0.25, -0.2) is 0 Å². The normalized spacial score (nSPS) is 17.3. The zero-order valence-electron chi connectivity index (χ0n) is 10.3. The Labute approximate surface area is 101 Å². The van der Waals surface area contributed by atoms with Crippen molar-refractivity contribution in [1.29, 1.82) is 0 Å². The third kappa shape index (κ3) is 2.77. The highest BCUT2D eigenvalue weighted by Gasteiger charge is 2.22. The van der Waals surface area contributed by atoms with Crippen LogP contribution in [0.4, 0.5) is 5.69 Å². The Morgan fingerprint density at radius 2 is 2.24 bits per heavy atom. The van der Waals surface area contributed by atoms with Gasteiger partial charge in [0.15, 0.2) is 6.23 Å². The standard InChI is InChI=1S/C13H18N2O2/c1-9(17-10(2)16)15-6-5-11-3-4-13(14)7-12(11)8-15/h3-4,7,9H,5-6,8,14H2,1-2H3. The SMILES string of the molecule is CC(=O)OC(C)N1CCc2ccc(N)cc2C1. The van der Waals surface area contributed by atoms with Crippen molar-refractivity contribution in [2.45, 2.75) is 33.0 Å². The molecule has 1 unspecified atom stereocenters. The van der Waals surface area contributed by atoms with Crippen LogP contribution in [0.1, 0.15) is 25.0 Å². The molecular weight excluding hydrogens is 216 g/mol. The maximum absolute atomic E-state index is 10.9. The molecule has 4 heteroatoms. The molecule has 0 amide bonds. The second kappa shape index (κ2) is 4.75. The van der Waals surface area contributed by atoms with Gasteiger partial charge in [-0.3, -0.25) is 9.69 Å². The number of esters is 1. The summed E-state index contributed by atoms with van der Waals surface area (Å²) in [6.07, 6.45) is 0.795. The largest absolute Gasteiger partial charge is 0.447 e. The minimum atomic E-state index is -0.240. The molecule has 0 radical (unpaired) electrons. The van der Waals surface area contributed by atoms with E-state index < -0.39 is 0 Å². The maximum Gasteiger partial charge on any atom is 0.304 e. The minimum absolute atomic E-state index is 0.179. The van der Waals surface area contributed by atoms with E-state index in [-0.39, 0.29) is 12.2 Å². The van der Waals surface area contributed by atoms with Gasteiger partial charge in [0.2, 0.25) is 0 Å². The highest BCUT2D eigenvalue weighted by Crippen LogP contribution is 2.22. The zero-order valence-corrected chi connectivity index (χ0v) is 10.3. The van der Waals surface area contributed by atoms with E-state index in [2.05, 4.69) is 11.0 Å². The number of hydrogen-bond donors (Lipinski definition) is 1. The molecule has 1 aromatic carbocycles. The monoisotopic (exact) mass is 234 g/mol. The number of nitrogens with two attached hydrogens (primary N) is 1. The van der Waals surface area contributed by atoms with Crippen LogP contribution in [0.2, 0.25) is 0 Å². The molecule has 2 N–H and O–H groups in total. The smallest absolute Gasteiger partial charge is 0.304 e. The number of nitrogens with zero attached hydrogens (tertiary/aromatic N) is 1. The van der Waals surface area contributed by atoms with Crippen LogP contribution in [0.25, 0.3) is 0 Å². The number of anilines is 1. The van der Waals surface area contributed by atoms with Crippen LogP contribution < -0.4 is 5.73 Å². The van der Waals surface area contributed by atoms with Crippen molar-refractivity contribution >= 4 is 11.7 Å². The van der Waals surface area contributed by atoms with Crippen LogP contribution >= 0.6 is 0 Å². The Morgan fingerprint density at radius 3 is 2.94 bits per heavy atom. The number of rotatable bonds is 2. The maximum atomic E-state index is 10.9. The molecule has 0 aromatic heterocycles.